The van der Waals surface area contributed by atoms with E-state index in [0.717, 1.165) is 12.2 Å². The molecule has 15 heavy (non-hydrogen) atoms. The van der Waals surface area contributed by atoms with Gasteiger partial charge in [-0.25, -0.2) is 9.78 Å². The number of benzene rings is 1. The van der Waals surface area contributed by atoms with Crippen LogP contribution >= 0.6 is 11.8 Å². The van der Waals surface area contributed by atoms with Crippen molar-refractivity contribution < 1.29 is 14.9 Å². The van der Waals surface area contributed by atoms with Gasteiger partial charge in [0, 0.05) is 17.1 Å². The highest BCUT2D eigenvalue weighted by atomic mass is 32.2. The summed E-state index contributed by atoms with van der Waals surface area (Å²) in [5.74, 6) is 0.862. The van der Waals surface area contributed by atoms with E-state index >= 15 is 0 Å². The molecule has 0 amide bonds. The smallest absolute Gasteiger partial charge is 0.119 e. The fraction of sp³-hybridized carbons (Fsp3) is 0.455. The number of hydrogen-bond donors (Lipinski definition) is 1. The van der Waals surface area contributed by atoms with Crippen LogP contribution in [0.1, 0.15) is 6.42 Å². The summed E-state index contributed by atoms with van der Waals surface area (Å²) in [4.78, 5) is 11.3. The standard InChI is InChI=1S/C11H14O3S/c12-7-9-6-10(14-13-9)8-15-11-4-2-1-3-5-11/h1-5,9-10,12H,6-8H2/t9-,10-/m1/s1. The summed E-state index contributed by atoms with van der Waals surface area (Å²) in [7, 11) is 0. The fourth-order valence-corrected chi connectivity index (χ4v) is 2.36. The van der Waals surface area contributed by atoms with Gasteiger partial charge in [-0.05, 0) is 12.1 Å². The Morgan fingerprint density at radius 3 is 2.60 bits per heavy atom. The Morgan fingerprint density at radius 2 is 1.93 bits per heavy atom. The quantitative estimate of drug-likeness (QED) is 0.628. The van der Waals surface area contributed by atoms with Gasteiger partial charge in [0.15, 0.2) is 0 Å². The van der Waals surface area contributed by atoms with Crippen molar-refractivity contribution in [1.82, 2.24) is 0 Å². The second-order valence-electron chi connectivity index (χ2n) is 3.48. The van der Waals surface area contributed by atoms with Crippen molar-refractivity contribution in [3.63, 3.8) is 0 Å². The van der Waals surface area contributed by atoms with Crippen molar-refractivity contribution in [2.45, 2.75) is 23.5 Å². The normalized spacial score (nSPS) is 25.7. The highest BCUT2D eigenvalue weighted by molar-refractivity contribution is 7.99. The lowest BCUT2D eigenvalue weighted by atomic mass is 10.2. The Balaban J connectivity index is 1.75. The van der Waals surface area contributed by atoms with Gasteiger partial charge in [0.25, 0.3) is 0 Å². The Kier molecular flexibility index (Phi) is 4.02. The van der Waals surface area contributed by atoms with Gasteiger partial charge in [0.1, 0.15) is 12.2 Å². The minimum atomic E-state index is -0.147. The Labute approximate surface area is 93.3 Å². The average Bonchev–Trinajstić information content (AvgIpc) is 2.76. The Bertz CT molecular complexity index is 291. The average molecular weight is 226 g/mol. The number of hydrogen-bond acceptors (Lipinski definition) is 4. The maximum Gasteiger partial charge on any atom is 0.119 e. The number of thioether (sulfide) groups is 1. The van der Waals surface area contributed by atoms with E-state index in [9.17, 15) is 0 Å². The first-order valence-corrected chi connectivity index (χ1v) is 5.98. The van der Waals surface area contributed by atoms with Crippen LogP contribution in [0.4, 0.5) is 0 Å². The third-order valence-electron chi connectivity index (χ3n) is 2.24. The predicted octanol–water partition coefficient (Wildman–Crippen LogP) is 1.86. The van der Waals surface area contributed by atoms with Crippen molar-refractivity contribution in [2.75, 3.05) is 12.4 Å². The molecule has 0 spiro atoms. The molecule has 0 saturated carbocycles. The summed E-state index contributed by atoms with van der Waals surface area (Å²) < 4.78 is 0. The molecule has 0 aliphatic carbocycles. The van der Waals surface area contributed by atoms with E-state index in [2.05, 4.69) is 12.1 Å². The van der Waals surface area contributed by atoms with E-state index < -0.39 is 0 Å². The highest BCUT2D eigenvalue weighted by Gasteiger charge is 2.26. The van der Waals surface area contributed by atoms with Crippen LogP contribution < -0.4 is 0 Å². The molecular formula is C11H14O3S. The second-order valence-corrected chi connectivity index (χ2v) is 4.57. The van der Waals surface area contributed by atoms with Crippen LogP contribution in [0.5, 0.6) is 0 Å². The monoisotopic (exact) mass is 226 g/mol. The van der Waals surface area contributed by atoms with Crippen LogP contribution in [-0.4, -0.2) is 29.7 Å². The highest BCUT2D eigenvalue weighted by Crippen LogP contribution is 2.24. The van der Waals surface area contributed by atoms with E-state index in [1.807, 2.05) is 18.2 Å². The summed E-state index contributed by atoms with van der Waals surface area (Å²) in [6, 6.07) is 10.2. The molecule has 3 nitrogen and oxygen atoms in total. The molecule has 82 valence electrons. The molecule has 2 atom stereocenters. The molecule has 4 heteroatoms. The van der Waals surface area contributed by atoms with Crippen LogP contribution in [0.25, 0.3) is 0 Å². The van der Waals surface area contributed by atoms with Gasteiger partial charge in [-0.2, -0.15) is 0 Å². The summed E-state index contributed by atoms with van der Waals surface area (Å²) in [5.41, 5.74) is 0. The molecule has 0 unspecified atom stereocenters. The summed E-state index contributed by atoms with van der Waals surface area (Å²) in [6.07, 6.45) is 0.717. The molecule has 0 bridgehead atoms. The van der Waals surface area contributed by atoms with Crippen molar-refractivity contribution in [1.29, 1.82) is 0 Å². The molecule has 0 aromatic heterocycles. The van der Waals surface area contributed by atoms with Crippen LogP contribution in [0.2, 0.25) is 0 Å². The van der Waals surface area contributed by atoms with Gasteiger partial charge in [-0.3, -0.25) is 0 Å². The third kappa shape index (κ3) is 3.21. The van der Waals surface area contributed by atoms with Crippen molar-refractivity contribution >= 4 is 11.8 Å². The van der Waals surface area contributed by atoms with Crippen LogP contribution in [0.15, 0.2) is 35.2 Å². The molecule has 0 radical (unpaired) electrons. The third-order valence-corrected chi connectivity index (χ3v) is 3.38. The molecule has 1 N–H and O–H groups in total. The van der Waals surface area contributed by atoms with Gasteiger partial charge in [0.05, 0.1) is 6.61 Å². The lowest BCUT2D eigenvalue weighted by Gasteiger charge is -2.05. The fourth-order valence-electron chi connectivity index (χ4n) is 1.44. The SMILES string of the molecule is OC[C@H]1C[C@H](CSc2ccccc2)OO1. The summed E-state index contributed by atoms with van der Waals surface area (Å²) >= 11 is 1.74. The molecule has 1 aliphatic rings. The maximum atomic E-state index is 8.86. The number of rotatable bonds is 4. The van der Waals surface area contributed by atoms with E-state index in [-0.39, 0.29) is 18.8 Å². The van der Waals surface area contributed by atoms with Gasteiger partial charge in [-0.15, -0.1) is 11.8 Å². The zero-order valence-corrected chi connectivity index (χ0v) is 9.15. The first-order valence-electron chi connectivity index (χ1n) is 4.99. The number of aliphatic hydroxyl groups is 1. The molecular weight excluding hydrogens is 212 g/mol. The lowest BCUT2D eigenvalue weighted by Crippen LogP contribution is -2.12. The topological polar surface area (TPSA) is 38.7 Å². The Hall–Kier alpha value is -0.550. The zero-order chi connectivity index (χ0) is 10.5. The van der Waals surface area contributed by atoms with Crippen molar-refractivity contribution in [3.05, 3.63) is 30.3 Å². The molecule has 2 rings (SSSR count). The predicted molar refractivity (Wildman–Crippen MR) is 58.6 cm³/mol. The van der Waals surface area contributed by atoms with Crippen molar-refractivity contribution in [2.24, 2.45) is 0 Å². The molecule has 1 saturated heterocycles. The second kappa shape index (κ2) is 5.51. The molecule has 1 fully saturated rings. The van der Waals surface area contributed by atoms with Crippen molar-refractivity contribution in [3.8, 4) is 0 Å². The zero-order valence-electron chi connectivity index (χ0n) is 8.33. The van der Waals surface area contributed by atoms with E-state index in [1.54, 1.807) is 11.8 Å². The van der Waals surface area contributed by atoms with Gasteiger partial charge in [0.2, 0.25) is 0 Å². The molecule has 1 aromatic rings. The first-order chi connectivity index (χ1) is 7.38. The van der Waals surface area contributed by atoms with Gasteiger partial charge < -0.3 is 5.11 Å². The van der Waals surface area contributed by atoms with Crippen LogP contribution in [0.3, 0.4) is 0 Å². The van der Waals surface area contributed by atoms with Gasteiger partial charge in [-0.1, -0.05) is 18.2 Å². The minimum Gasteiger partial charge on any atom is -0.394 e. The van der Waals surface area contributed by atoms with E-state index in [0.29, 0.717) is 0 Å². The summed E-state index contributed by atoms with van der Waals surface area (Å²) in [5, 5.41) is 8.86. The van der Waals surface area contributed by atoms with Gasteiger partial charge >= 0.3 is 0 Å². The van der Waals surface area contributed by atoms with E-state index in [1.165, 1.54) is 4.90 Å². The van der Waals surface area contributed by atoms with Crippen LogP contribution in [0, 0.1) is 0 Å². The maximum absolute atomic E-state index is 8.86. The molecule has 1 heterocycles. The number of aliphatic hydroxyl groups excluding tert-OH is 1. The van der Waals surface area contributed by atoms with Crippen LogP contribution in [-0.2, 0) is 9.78 Å². The first kappa shape index (κ1) is 11.0. The van der Waals surface area contributed by atoms with E-state index in [4.69, 9.17) is 14.9 Å². The Morgan fingerprint density at radius 1 is 1.20 bits per heavy atom. The largest absolute Gasteiger partial charge is 0.394 e. The minimum absolute atomic E-state index is 0.0342. The lowest BCUT2D eigenvalue weighted by molar-refractivity contribution is -0.296. The summed E-state index contributed by atoms with van der Waals surface area (Å²) in [6.45, 7) is 0.0342. The molecule has 1 aliphatic heterocycles. The molecule has 1 aromatic carbocycles.